The van der Waals surface area contributed by atoms with Crippen molar-refractivity contribution < 1.29 is 0 Å². The Hall–Kier alpha value is -1.18. The van der Waals surface area contributed by atoms with Crippen LogP contribution in [0.3, 0.4) is 0 Å². The van der Waals surface area contributed by atoms with E-state index >= 15 is 0 Å². The Bertz CT molecular complexity index is 316. The maximum atomic E-state index is 5.72. The van der Waals surface area contributed by atoms with E-state index in [4.69, 9.17) is 5.73 Å². The molecule has 0 heterocycles. The van der Waals surface area contributed by atoms with E-state index in [2.05, 4.69) is 11.4 Å². The van der Waals surface area contributed by atoms with Crippen molar-refractivity contribution in [1.29, 1.82) is 0 Å². The summed E-state index contributed by atoms with van der Waals surface area (Å²) in [5.41, 5.74) is 7.70. The number of rotatable bonds is 5. The highest BCUT2D eigenvalue weighted by molar-refractivity contribution is 5.53. The topological polar surface area (TPSA) is 38.0 Å². The lowest BCUT2D eigenvalue weighted by Gasteiger charge is -2.10. The lowest BCUT2D eigenvalue weighted by molar-refractivity contribution is 0.491. The van der Waals surface area contributed by atoms with E-state index in [9.17, 15) is 0 Å². The van der Waals surface area contributed by atoms with Crippen LogP contribution in [0.25, 0.3) is 0 Å². The predicted octanol–water partition coefficient (Wildman–Crippen LogP) is 3.65. The lowest BCUT2D eigenvalue weighted by atomic mass is 10.0. The van der Waals surface area contributed by atoms with Gasteiger partial charge in [-0.25, -0.2) is 0 Å². The van der Waals surface area contributed by atoms with E-state index in [0.717, 1.165) is 23.8 Å². The molecule has 0 unspecified atom stereocenters. The molecule has 16 heavy (non-hydrogen) atoms. The normalized spacial score (nSPS) is 16.5. The van der Waals surface area contributed by atoms with Crippen LogP contribution in [0.5, 0.6) is 0 Å². The molecule has 0 saturated heterocycles. The molecule has 1 aromatic carbocycles. The molecule has 2 rings (SSSR count). The number of anilines is 2. The maximum absolute atomic E-state index is 5.72. The van der Waals surface area contributed by atoms with Gasteiger partial charge in [0.2, 0.25) is 0 Å². The number of nitrogen functional groups attached to an aromatic ring is 1. The van der Waals surface area contributed by atoms with Crippen LogP contribution in [0.1, 0.15) is 38.5 Å². The van der Waals surface area contributed by atoms with Crippen molar-refractivity contribution in [2.24, 2.45) is 5.92 Å². The third-order valence-corrected chi connectivity index (χ3v) is 3.48. The second-order valence-electron chi connectivity index (χ2n) is 4.84. The number of hydrogen-bond acceptors (Lipinski definition) is 2. The van der Waals surface area contributed by atoms with Crippen molar-refractivity contribution in [2.45, 2.75) is 38.5 Å². The predicted molar refractivity (Wildman–Crippen MR) is 70.5 cm³/mol. The van der Waals surface area contributed by atoms with E-state index in [0.29, 0.717) is 0 Å². The summed E-state index contributed by atoms with van der Waals surface area (Å²) >= 11 is 0. The van der Waals surface area contributed by atoms with E-state index in [-0.39, 0.29) is 0 Å². The highest BCUT2D eigenvalue weighted by Gasteiger charge is 2.13. The van der Waals surface area contributed by atoms with Crippen LogP contribution in [-0.2, 0) is 0 Å². The van der Waals surface area contributed by atoms with Crippen LogP contribution in [0.4, 0.5) is 11.4 Å². The Labute approximate surface area is 98.2 Å². The molecule has 2 nitrogen and oxygen atoms in total. The SMILES string of the molecule is Nc1cccc(NCCCC2CCCC2)c1. The molecule has 1 aliphatic rings. The second-order valence-corrected chi connectivity index (χ2v) is 4.84. The van der Waals surface area contributed by atoms with E-state index in [1.54, 1.807) is 0 Å². The number of benzene rings is 1. The molecule has 0 aliphatic heterocycles. The largest absolute Gasteiger partial charge is 0.399 e. The summed E-state index contributed by atoms with van der Waals surface area (Å²) in [6, 6.07) is 7.99. The third kappa shape index (κ3) is 3.44. The summed E-state index contributed by atoms with van der Waals surface area (Å²) in [6.45, 7) is 1.07. The van der Waals surface area contributed by atoms with Gasteiger partial charge in [-0.2, -0.15) is 0 Å². The van der Waals surface area contributed by atoms with E-state index < -0.39 is 0 Å². The molecule has 1 aromatic rings. The summed E-state index contributed by atoms with van der Waals surface area (Å²) < 4.78 is 0. The molecule has 0 radical (unpaired) electrons. The molecular weight excluding hydrogens is 196 g/mol. The Morgan fingerprint density at radius 2 is 2.06 bits per heavy atom. The zero-order chi connectivity index (χ0) is 11.2. The minimum absolute atomic E-state index is 0.834. The van der Waals surface area contributed by atoms with Crippen molar-refractivity contribution >= 4 is 11.4 Å². The van der Waals surface area contributed by atoms with Gasteiger partial charge in [0.1, 0.15) is 0 Å². The van der Waals surface area contributed by atoms with Crippen LogP contribution >= 0.6 is 0 Å². The smallest absolute Gasteiger partial charge is 0.0360 e. The van der Waals surface area contributed by atoms with Gasteiger partial charge < -0.3 is 11.1 Å². The zero-order valence-electron chi connectivity index (χ0n) is 9.91. The first kappa shape index (κ1) is 11.3. The molecule has 1 saturated carbocycles. The molecule has 0 bridgehead atoms. The minimum atomic E-state index is 0.834. The van der Waals surface area contributed by atoms with Crippen molar-refractivity contribution in [1.82, 2.24) is 0 Å². The van der Waals surface area contributed by atoms with Gasteiger partial charge in [-0.3, -0.25) is 0 Å². The standard InChI is InChI=1S/C14H22N2/c15-13-8-3-9-14(11-13)16-10-4-7-12-5-1-2-6-12/h3,8-9,11-12,16H,1-2,4-7,10,15H2. The molecule has 1 fully saturated rings. The zero-order valence-corrected chi connectivity index (χ0v) is 9.91. The van der Waals surface area contributed by atoms with Gasteiger partial charge in [0.15, 0.2) is 0 Å². The molecule has 0 spiro atoms. The molecule has 1 aliphatic carbocycles. The Kier molecular flexibility index (Phi) is 4.09. The lowest BCUT2D eigenvalue weighted by Crippen LogP contribution is -2.04. The average molecular weight is 218 g/mol. The summed E-state index contributed by atoms with van der Waals surface area (Å²) in [5.74, 6) is 1.00. The highest BCUT2D eigenvalue weighted by Crippen LogP contribution is 2.28. The molecule has 0 amide bonds. The van der Waals surface area contributed by atoms with Gasteiger partial charge in [0.05, 0.1) is 0 Å². The maximum Gasteiger partial charge on any atom is 0.0360 e. The van der Waals surface area contributed by atoms with Crippen LogP contribution in [0.15, 0.2) is 24.3 Å². The van der Waals surface area contributed by atoms with Gasteiger partial charge in [-0.05, 0) is 37.0 Å². The van der Waals surface area contributed by atoms with Gasteiger partial charge in [-0.1, -0.05) is 31.7 Å². The second kappa shape index (κ2) is 5.78. The molecule has 0 aromatic heterocycles. The summed E-state index contributed by atoms with van der Waals surface area (Å²) in [5, 5.41) is 3.43. The van der Waals surface area contributed by atoms with Crippen molar-refractivity contribution in [3.8, 4) is 0 Å². The van der Waals surface area contributed by atoms with Crippen LogP contribution < -0.4 is 11.1 Å². The molecule has 88 valence electrons. The van der Waals surface area contributed by atoms with Gasteiger partial charge in [0.25, 0.3) is 0 Å². The molecule has 0 atom stereocenters. The third-order valence-electron chi connectivity index (χ3n) is 3.48. The van der Waals surface area contributed by atoms with Crippen molar-refractivity contribution in [3.05, 3.63) is 24.3 Å². The Morgan fingerprint density at radius 1 is 1.25 bits per heavy atom. The van der Waals surface area contributed by atoms with Crippen LogP contribution in [0.2, 0.25) is 0 Å². The highest BCUT2D eigenvalue weighted by atomic mass is 14.9. The first-order valence-corrected chi connectivity index (χ1v) is 6.44. The molecule has 3 N–H and O–H groups in total. The van der Waals surface area contributed by atoms with Crippen molar-refractivity contribution in [2.75, 3.05) is 17.6 Å². The van der Waals surface area contributed by atoms with Crippen LogP contribution in [-0.4, -0.2) is 6.54 Å². The van der Waals surface area contributed by atoms with Gasteiger partial charge in [0, 0.05) is 17.9 Å². The van der Waals surface area contributed by atoms with E-state index in [1.807, 2.05) is 18.2 Å². The molecule has 2 heteroatoms. The fraction of sp³-hybridized carbons (Fsp3) is 0.571. The van der Waals surface area contributed by atoms with Gasteiger partial charge in [-0.15, -0.1) is 0 Å². The van der Waals surface area contributed by atoms with Crippen LogP contribution in [0, 0.1) is 5.92 Å². The Morgan fingerprint density at radius 3 is 2.81 bits per heavy atom. The number of nitrogens with one attached hydrogen (secondary N) is 1. The van der Waals surface area contributed by atoms with E-state index in [1.165, 1.54) is 38.5 Å². The fourth-order valence-corrected chi connectivity index (χ4v) is 2.57. The number of hydrogen-bond donors (Lipinski definition) is 2. The average Bonchev–Trinajstić information content (AvgIpc) is 2.77. The summed E-state index contributed by atoms with van der Waals surface area (Å²) in [6.07, 6.45) is 8.48. The minimum Gasteiger partial charge on any atom is -0.399 e. The van der Waals surface area contributed by atoms with Crippen molar-refractivity contribution in [3.63, 3.8) is 0 Å². The fourth-order valence-electron chi connectivity index (χ4n) is 2.57. The number of nitrogens with two attached hydrogens (primary N) is 1. The Balaban J connectivity index is 1.64. The monoisotopic (exact) mass is 218 g/mol. The first-order valence-electron chi connectivity index (χ1n) is 6.44. The summed E-state index contributed by atoms with van der Waals surface area (Å²) in [7, 11) is 0. The quantitative estimate of drug-likeness (QED) is 0.585. The summed E-state index contributed by atoms with van der Waals surface area (Å²) in [4.78, 5) is 0. The first-order chi connectivity index (χ1) is 7.84. The molecular formula is C14H22N2. The van der Waals surface area contributed by atoms with Gasteiger partial charge >= 0.3 is 0 Å².